The Balaban J connectivity index is 2.54. The zero-order valence-corrected chi connectivity index (χ0v) is 9.85. The number of nitrogens with one attached hydrogen (secondary N) is 2. The van der Waals surface area contributed by atoms with Crippen LogP contribution in [0.3, 0.4) is 0 Å². The average molecular weight is 243 g/mol. The Morgan fingerprint density at radius 3 is 2.56 bits per heavy atom. The summed E-state index contributed by atoms with van der Waals surface area (Å²) >= 11 is 1.31. The largest absolute Gasteiger partial charge is 0.395 e. The molecule has 0 fully saturated rings. The molecule has 0 radical (unpaired) electrons. The first kappa shape index (κ1) is 12.6. The van der Waals surface area contributed by atoms with Gasteiger partial charge in [0.15, 0.2) is 5.13 Å². The Morgan fingerprint density at radius 2 is 2.06 bits per heavy atom. The maximum Gasteiger partial charge on any atom is 0.315 e. The predicted molar refractivity (Wildman–Crippen MR) is 60.3 cm³/mol. The molecule has 1 rings (SSSR count). The summed E-state index contributed by atoms with van der Waals surface area (Å²) in [5, 5.41) is 13.5. The van der Waals surface area contributed by atoms with Gasteiger partial charge in [-0.2, -0.15) is 0 Å². The molecule has 0 aromatic carbocycles. The molecule has 0 aliphatic rings. The molecule has 16 heavy (non-hydrogen) atoms. The first-order chi connectivity index (χ1) is 7.54. The number of carbonyl (C=O) groups excluding carboxylic acids is 2. The SMILES string of the molecule is Cc1nc(NC(=O)C(=O)NCCO)sc1C. The van der Waals surface area contributed by atoms with Crippen molar-refractivity contribution in [1.82, 2.24) is 10.3 Å². The normalized spacial score (nSPS) is 9.94. The van der Waals surface area contributed by atoms with Gasteiger partial charge < -0.3 is 10.4 Å². The van der Waals surface area contributed by atoms with Crippen molar-refractivity contribution >= 4 is 28.3 Å². The van der Waals surface area contributed by atoms with Crippen LogP contribution in [-0.4, -0.2) is 35.1 Å². The van der Waals surface area contributed by atoms with Crippen LogP contribution in [0.5, 0.6) is 0 Å². The van der Waals surface area contributed by atoms with Crippen LogP contribution in [-0.2, 0) is 9.59 Å². The van der Waals surface area contributed by atoms with E-state index >= 15 is 0 Å². The van der Waals surface area contributed by atoms with E-state index in [-0.39, 0.29) is 13.2 Å². The molecule has 0 spiro atoms. The second kappa shape index (κ2) is 5.57. The molecule has 0 bridgehead atoms. The number of anilines is 1. The fourth-order valence-corrected chi connectivity index (χ4v) is 1.74. The van der Waals surface area contributed by atoms with E-state index in [1.54, 1.807) is 0 Å². The molecule has 1 aromatic heterocycles. The number of nitrogens with zero attached hydrogens (tertiary/aromatic N) is 1. The summed E-state index contributed by atoms with van der Waals surface area (Å²) in [6.45, 7) is 3.57. The first-order valence-corrected chi connectivity index (χ1v) is 5.50. The molecule has 0 atom stereocenters. The van der Waals surface area contributed by atoms with E-state index < -0.39 is 11.8 Å². The topological polar surface area (TPSA) is 91.3 Å². The summed E-state index contributed by atoms with van der Waals surface area (Å²) in [5.41, 5.74) is 0.830. The number of amides is 2. The lowest BCUT2D eigenvalue weighted by Crippen LogP contribution is -2.36. The molecule has 7 heteroatoms. The van der Waals surface area contributed by atoms with Gasteiger partial charge in [0.25, 0.3) is 0 Å². The predicted octanol–water partition coefficient (Wildman–Crippen LogP) is -0.193. The van der Waals surface area contributed by atoms with Gasteiger partial charge in [0.2, 0.25) is 0 Å². The highest BCUT2D eigenvalue weighted by molar-refractivity contribution is 7.15. The highest BCUT2D eigenvalue weighted by Crippen LogP contribution is 2.20. The van der Waals surface area contributed by atoms with Crippen molar-refractivity contribution in [3.8, 4) is 0 Å². The molecular formula is C9H13N3O3S. The molecule has 1 aromatic rings. The minimum Gasteiger partial charge on any atom is -0.395 e. The summed E-state index contributed by atoms with van der Waals surface area (Å²) in [6.07, 6.45) is 0. The van der Waals surface area contributed by atoms with E-state index in [1.165, 1.54) is 11.3 Å². The number of hydrogen-bond donors (Lipinski definition) is 3. The standard InChI is InChI=1S/C9H13N3O3S/c1-5-6(2)16-9(11-5)12-8(15)7(14)10-3-4-13/h13H,3-4H2,1-2H3,(H,10,14)(H,11,12,15). The zero-order chi connectivity index (χ0) is 12.1. The van der Waals surface area contributed by atoms with E-state index in [1.807, 2.05) is 13.8 Å². The van der Waals surface area contributed by atoms with Crippen molar-refractivity contribution in [3.05, 3.63) is 10.6 Å². The fourth-order valence-electron chi connectivity index (χ4n) is 0.930. The van der Waals surface area contributed by atoms with Crippen LogP contribution in [0.2, 0.25) is 0 Å². The molecule has 0 aliphatic carbocycles. The molecule has 6 nitrogen and oxygen atoms in total. The lowest BCUT2D eigenvalue weighted by atomic mass is 10.4. The number of thiazole rings is 1. The maximum absolute atomic E-state index is 11.3. The third-order valence-electron chi connectivity index (χ3n) is 1.85. The third kappa shape index (κ3) is 3.28. The molecule has 1 heterocycles. The number of rotatable bonds is 3. The average Bonchev–Trinajstić information content (AvgIpc) is 2.54. The molecule has 2 amide bonds. The van der Waals surface area contributed by atoms with Gasteiger partial charge >= 0.3 is 11.8 Å². The second-order valence-corrected chi connectivity index (χ2v) is 4.30. The molecule has 88 valence electrons. The Morgan fingerprint density at radius 1 is 1.38 bits per heavy atom. The summed E-state index contributed by atoms with van der Waals surface area (Å²) in [6, 6.07) is 0. The van der Waals surface area contributed by atoms with Crippen LogP contribution >= 0.6 is 11.3 Å². The smallest absolute Gasteiger partial charge is 0.315 e. The monoisotopic (exact) mass is 243 g/mol. The van der Waals surface area contributed by atoms with Gasteiger partial charge in [0.05, 0.1) is 12.3 Å². The van der Waals surface area contributed by atoms with Gasteiger partial charge in [-0.15, -0.1) is 11.3 Å². The molecule has 0 unspecified atom stereocenters. The van der Waals surface area contributed by atoms with E-state index in [0.29, 0.717) is 5.13 Å². The van der Waals surface area contributed by atoms with Gasteiger partial charge in [-0.05, 0) is 13.8 Å². The Labute approximate surface area is 96.7 Å². The van der Waals surface area contributed by atoms with Crippen LogP contribution in [0, 0.1) is 13.8 Å². The molecule has 0 saturated carbocycles. The van der Waals surface area contributed by atoms with E-state index in [0.717, 1.165) is 10.6 Å². The van der Waals surface area contributed by atoms with Crippen molar-refractivity contribution in [2.24, 2.45) is 0 Å². The molecular weight excluding hydrogens is 230 g/mol. The Kier molecular flexibility index (Phi) is 4.39. The highest BCUT2D eigenvalue weighted by Gasteiger charge is 2.15. The second-order valence-electron chi connectivity index (χ2n) is 3.09. The van der Waals surface area contributed by atoms with E-state index in [4.69, 9.17) is 5.11 Å². The minimum absolute atomic E-state index is 0.0577. The number of aryl methyl sites for hydroxylation is 2. The van der Waals surface area contributed by atoms with E-state index in [9.17, 15) is 9.59 Å². The number of aliphatic hydroxyl groups is 1. The summed E-state index contributed by atoms with van der Waals surface area (Å²) in [5.74, 6) is -1.55. The lowest BCUT2D eigenvalue weighted by Gasteiger charge is -2.01. The molecule has 3 N–H and O–H groups in total. The maximum atomic E-state index is 11.3. The fraction of sp³-hybridized carbons (Fsp3) is 0.444. The van der Waals surface area contributed by atoms with Crippen molar-refractivity contribution in [3.63, 3.8) is 0 Å². The van der Waals surface area contributed by atoms with Gasteiger partial charge in [0.1, 0.15) is 0 Å². The van der Waals surface area contributed by atoms with Gasteiger partial charge in [-0.1, -0.05) is 0 Å². The van der Waals surface area contributed by atoms with Gasteiger partial charge in [-0.25, -0.2) is 4.98 Å². The van der Waals surface area contributed by atoms with Gasteiger partial charge in [0, 0.05) is 11.4 Å². The van der Waals surface area contributed by atoms with Crippen LogP contribution in [0.25, 0.3) is 0 Å². The van der Waals surface area contributed by atoms with Crippen molar-refractivity contribution in [2.75, 3.05) is 18.5 Å². The summed E-state index contributed by atoms with van der Waals surface area (Å²) in [7, 11) is 0. The van der Waals surface area contributed by atoms with Gasteiger partial charge in [-0.3, -0.25) is 14.9 Å². The van der Waals surface area contributed by atoms with Crippen LogP contribution in [0.15, 0.2) is 0 Å². The van der Waals surface area contributed by atoms with Crippen molar-refractivity contribution in [2.45, 2.75) is 13.8 Å². The molecule has 0 saturated heterocycles. The molecule has 0 aliphatic heterocycles. The lowest BCUT2D eigenvalue weighted by molar-refractivity contribution is -0.136. The first-order valence-electron chi connectivity index (χ1n) is 4.68. The number of hydrogen-bond acceptors (Lipinski definition) is 5. The quantitative estimate of drug-likeness (QED) is 0.641. The minimum atomic E-state index is -0.778. The zero-order valence-electron chi connectivity index (χ0n) is 9.03. The number of aliphatic hydroxyl groups excluding tert-OH is 1. The van der Waals surface area contributed by atoms with Crippen molar-refractivity contribution < 1.29 is 14.7 Å². The van der Waals surface area contributed by atoms with E-state index in [2.05, 4.69) is 15.6 Å². The van der Waals surface area contributed by atoms with Crippen molar-refractivity contribution in [1.29, 1.82) is 0 Å². The van der Waals surface area contributed by atoms with Crippen LogP contribution in [0.1, 0.15) is 10.6 Å². The number of carbonyl (C=O) groups is 2. The van der Waals surface area contributed by atoms with Crippen LogP contribution < -0.4 is 10.6 Å². The summed E-state index contributed by atoms with van der Waals surface area (Å²) in [4.78, 5) is 27.5. The Bertz CT molecular complexity index is 383. The highest BCUT2D eigenvalue weighted by atomic mass is 32.1. The summed E-state index contributed by atoms with van der Waals surface area (Å²) < 4.78 is 0. The third-order valence-corrected chi connectivity index (χ3v) is 2.84. The Hall–Kier alpha value is -1.47. The van der Waals surface area contributed by atoms with Crippen LogP contribution in [0.4, 0.5) is 5.13 Å². The number of aromatic nitrogens is 1.